The van der Waals surface area contributed by atoms with Crippen molar-refractivity contribution in [1.82, 2.24) is 0 Å². The number of ether oxygens (including phenoxy) is 1. The van der Waals surface area contributed by atoms with Crippen LogP contribution in [0.5, 0.6) is 0 Å². The summed E-state index contributed by atoms with van der Waals surface area (Å²) < 4.78 is 4.89. The van der Waals surface area contributed by atoms with Gasteiger partial charge in [-0.15, -0.1) is 0 Å². The van der Waals surface area contributed by atoms with Gasteiger partial charge in [0.1, 0.15) is 6.42 Å². The molecule has 0 aromatic heterocycles. The Morgan fingerprint density at radius 1 is 0.800 bits per heavy atom. The Morgan fingerprint density at radius 3 is 1.50 bits per heavy atom. The summed E-state index contributed by atoms with van der Waals surface area (Å²) in [6.07, 6.45) is -0.146. The van der Waals surface area contributed by atoms with Crippen LogP contribution in [0.4, 0.5) is 0 Å². The molecule has 20 heavy (non-hydrogen) atoms. The van der Waals surface area contributed by atoms with Crippen molar-refractivity contribution in [1.29, 1.82) is 0 Å². The average Bonchev–Trinajstić information content (AvgIpc) is 2.22. The number of esters is 1. The molecule has 0 N–H and O–H groups in total. The molecule has 0 heterocycles. The van der Waals surface area contributed by atoms with Gasteiger partial charge in [0.15, 0.2) is 0 Å². The van der Waals surface area contributed by atoms with Crippen molar-refractivity contribution in [3.05, 3.63) is 0 Å². The smallest absolute Gasteiger partial charge is 0.311 e. The molecule has 0 amide bonds. The van der Waals surface area contributed by atoms with Crippen LogP contribution in [0.3, 0.4) is 0 Å². The van der Waals surface area contributed by atoms with E-state index < -0.39 is 23.0 Å². The highest BCUT2D eigenvalue weighted by atomic mass is 17.3. The molecule has 6 nitrogen and oxygen atoms in total. The first-order valence-electron chi connectivity index (χ1n) is 6.76. The van der Waals surface area contributed by atoms with Crippen molar-refractivity contribution in [2.75, 3.05) is 6.61 Å². The van der Waals surface area contributed by atoms with Crippen molar-refractivity contribution >= 4 is 5.97 Å². The monoisotopic (exact) mass is 292 g/mol. The van der Waals surface area contributed by atoms with E-state index in [1.165, 1.54) is 0 Å². The van der Waals surface area contributed by atoms with Crippen LogP contribution in [0.15, 0.2) is 0 Å². The van der Waals surface area contributed by atoms with Crippen LogP contribution >= 0.6 is 0 Å². The predicted octanol–water partition coefficient (Wildman–Crippen LogP) is 3.15. The Bertz CT molecular complexity index is 282. The van der Waals surface area contributed by atoms with E-state index in [4.69, 9.17) is 24.3 Å². The Labute approximate surface area is 121 Å². The molecule has 0 radical (unpaired) electrons. The number of hydrogen-bond donors (Lipinski definition) is 0. The minimum Gasteiger partial charge on any atom is -0.466 e. The van der Waals surface area contributed by atoms with Crippen LogP contribution < -0.4 is 0 Å². The Hall–Kier alpha value is -0.690. The lowest BCUT2D eigenvalue weighted by atomic mass is 10.2. The molecule has 0 aliphatic heterocycles. The molecule has 0 spiro atoms. The first-order chi connectivity index (χ1) is 8.87. The minimum atomic E-state index is -1.38. The number of hydrogen-bond acceptors (Lipinski definition) is 6. The molecule has 0 aromatic carbocycles. The van der Waals surface area contributed by atoms with Gasteiger partial charge in [0, 0.05) is 0 Å². The fourth-order valence-electron chi connectivity index (χ4n) is 0.973. The van der Waals surface area contributed by atoms with Crippen LogP contribution in [0.25, 0.3) is 0 Å². The third kappa shape index (κ3) is 10.1. The van der Waals surface area contributed by atoms with E-state index in [1.54, 1.807) is 13.8 Å². The minimum absolute atomic E-state index is 0.146. The first kappa shape index (κ1) is 19.3. The summed E-state index contributed by atoms with van der Waals surface area (Å²) in [7, 11) is 0. The molecule has 0 aromatic rings. The van der Waals surface area contributed by atoms with Gasteiger partial charge in [-0.25, -0.2) is 9.78 Å². The highest BCUT2D eigenvalue weighted by molar-refractivity contribution is 5.70. The fraction of sp³-hybridized carbons (Fsp3) is 0.929. The summed E-state index contributed by atoms with van der Waals surface area (Å²) >= 11 is 0. The zero-order chi connectivity index (χ0) is 16.0. The summed E-state index contributed by atoms with van der Waals surface area (Å²) in [5, 5.41) is 0. The zero-order valence-electron chi connectivity index (χ0n) is 13.9. The zero-order valence-corrected chi connectivity index (χ0v) is 13.9. The van der Waals surface area contributed by atoms with E-state index in [0.29, 0.717) is 0 Å². The van der Waals surface area contributed by atoms with Gasteiger partial charge in [0.2, 0.25) is 5.79 Å². The van der Waals surface area contributed by atoms with Crippen molar-refractivity contribution in [3.8, 4) is 0 Å². The van der Waals surface area contributed by atoms with E-state index in [9.17, 15) is 4.79 Å². The molecule has 0 aliphatic carbocycles. The third-order valence-electron chi connectivity index (χ3n) is 1.71. The van der Waals surface area contributed by atoms with Crippen molar-refractivity contribution in [2.24, 2.45) is 0 Å². The molecule has 0 saturated carbocycles. The number of carbonyl (C=O) groups is 1. The first-order valence-corrected chi connectivity index (χ1v) is 6.76. The fourth-order valence-corrected chi connectivity index (χ4v) is 0.973. The van der Waals surface area contributed by atoms with E-state index in [-0.39, 0.29) is 13.0 Å². The van der Waals surface area contributed by atoms with Gasteiger partial charge >= 0.3 is 5.97 Å². The van der Waals surface area contributed by atoms with Gasteiger partial charge in [0.25, 0.3) is 0 Å². The van der Waals surface area contributed by atoms with Crippen LogP contribution in [-0.2, 0) is 29.1 Å². The van der Waals surface area contributed by atoms with Gasteiger partial charge in [-0.3, -0.25) is 4.79 Å². The van der Waals surface area contributed by atoms with Gasteiger partial charge in [-0.2, -0.15) is 9.78 Å². The Morgan fingerprint density at radius 2 is 1.20 bits per heavy atom. The van der Waals surface area contributed by atoms with Crippen molar-refractivity contribution < 1.29 is 29.1 Å². The molecule has 6 heteroatoms. The standard InChI is InChI=1S/C14H28O6/c1-9-16-11(15)10-14(8,19-17-12(2,3)4)20-18-13(5,6)7/h9-10H2,1-8H3. The number of carbonyl (C=O) groups excluding carboxylic acids is 1. The maximum Gasteiger partial charge on any atom is 0.311 e. The molecule has 0 bridgehead atoms. The predicted molar refractivity (Wildman–Crippen MR) is 73.5 cm³/mol. The second-order valence-electron chi connectivity index (χ2n) is 6.67. The maximum absolute atomic E-state index is 11.6. The highest BCUT2D eigenvalue weighted by Gasteiger charge is 2.36. The van der Waals surface area contributed by atoms with Gasteiger partial charge in [-0.1, -0.05) is 0 Å². The molecule has 0 atom stereocenters. The van der Waals surface area contributed by atoms with Gasteiger partial charge < -0.3 is 4.74 Å². The molecule has 0 aliphatic rings. The van der Waals surface area contributed by atoms with Crippen LogP contribution in [-0.4, -0.2) is 29.6 Å². The van der Waals surface area contributed by atoms with Crippen LogP contribution in [0.1, 0.15) is 61.8 Å². The van der Waals surface area contributed by atoms with E-state index in [2.05, 4.69) is 0 Å². The second-order valence-corrected chi connectivity index (χ2v) is 6.67. The average molecular weight is 292 g/mol. The van der Waals surface area contributed by atoms with E-state index >= 15 is 0 Å². The van der Waals surface area contributed by atoms with Crippen molar-refractivity contribution in [3.63, 3.8) is 0 Å². The summed E-state index contributed by atoms with van der Waals surface area (Å²) in [4.78, 5) is 32.6. The lowest BCUT2D eigenvalue weighted by Gasteiger charge is -2.32. The molecule has 0 unspecified atom stereocenters. The second kappa shape index (κ2) is 7.36. The van der Waals surface area contributed by atoms with Crippen molar-refractivity contribution in [2.45, 2.75) is 78.8 Å². The number of rotatable bonds is 7. The summed E-state index contributed by atoms with van der Waals surface area (Å²) in [6.45, 7) is 14.5. The maximum atomic E-state index is 11.6. The quantitative estimate of drug-likeness (QED) is 0.311. The Balaban J connectivity index is 4.70. The topological polar surface area (TPSA) is 63.2 Å². The molecule has 0 saturated heterocycles. The molecule has 0 rings (SSSR count). The van der Waals surface area contributed by atoms with Gasteiger partial charge in [0.05, 0.1) is 17.8 Å². The SMILES string of the molecule is CCOC(=O)CC(C)(OOC(C)(C)C)OOC(C)(C)C. The van der Waals surface area contributed by atoms with E-state index in [0.717, 1.165) is 0 Å². The Kier molecular flexibility index (Phi) is 7.10. The summed E-state index contributed by atoms with van der Waals surface area (Å²) in [5.74, 6) is -1.84. The molecule has 120 valence electrons. The highest BCUT2D eigenvalue weighted by Crippen LogP contribution is 2.25. The lowest BCUT2D eigenvalue weighted by molar-refractivity contribution is -0.535. The molecular formula is C14H28O6. The normalized spacial score (nSPS) is 13.4. The van der Waals surface area contributed by atoms with Crippen LogP contribution in [0, 0.1) is 0 Å². The molecular weight excluding hydrogens is 264 g/mol. The summed E-state index contributed by atoms with van der Waals surface area (Å²) in [6, 6.07) is 0. The van der Waals surface area contributed by atoms with Crippen LogP contribution in [0.2, 0.25) is 0 Å². The van der Waals surface area contributed by atoms with Gasteiger partial charge in [-0.05, 0) is 55.4 Å². The molecule has 0 fully saturated rings. The summed E-state index contributed by atoms with van der Waals surface area (Å²) in [5.41, 5.74) is -1.08. The lowest BCUT2D eigenvalue weighted by Crippen LogP contribution is -2.40. The largest absolute Gasteiger partial charge is 0.466 e. The third-order valence-corrected chi connectivity index (χ3v) is 1.71. The van der Waals surface area contributed by atoms with E-state index in [1.807, 2.05) is 41.5 Å².